The van der Waals surface area contributed by atoms with Gasteiger partial charge in [-0.2, -0.15) is 0 Å². The van der Waals surface area contributed by atoms with E-state index in [0.717, 1.165) is 31.5 Å². The zero-order valence-corrected chi connectivity index (χ0v) is 9.58. The maximum Gasteiger partial charge on any atom is 0.254 e. The van der Waals surface area contributed by atoms with Crippen LogP contribution in [0, 0.1) is 5.82 Å². The lowest BCUT2D eigenvalue weighted by Gasteiger charge is -2.31. The van der Waals surface area contributed by atoms with Gasteiger partial charge >= 0.3 is 0 Å². The number of carbonyl (C=O) groups is 1. The summed E-state index contributed by atoms with van der Waals surface area (Å²) in [7, 11) is 0. The topological polar surface area (TPSA) is 32.3 Å². The fourth-order valence-electron chi connectivity index (χ4n) is 2.69. The second kappa shape index (κ2) is 4.11. The van der Waals surface area contributed by atoms with Crippen molar-refractivity contribution in [3.05, 3.63) is 35.1 Å². The lowest BCUT2D eigenvalue weighted by molar-refractivity contribution is 0.0674. The zero-order chi connectivity index (χ0) is 11.8. The Labute approximate surface area is 99.6 Å². The summed E-state index contributed by atoms with van der Waals surface area (Å²) in [5.41, 5.74) is 1.48. The molecule has 0 radical (unpaired) electrons. The third kappa shape index (κ3) is 1.82. The largest absolute Gasteiger partial charge is 0.330 e. The molecule has 90 valence electrons. The molecule has 0 bridgehead atoms. The number of hydrogen-bond donors (Lipinski definition) is 1. The van der Waals surface area contributed by atoms with E-state index < -0.39 is 0 Å². The van der Waals surface area contributed by atoms with Crippen molar-refractivity contribution in [2.45, 2.75) is 25.4 Å². The summed E-state index contributed by atoms with van der Waals surface area (Å²) >= 11 is 0. The number of fused-ring (bicyclic) bond motifs is 1. The van der Waals surface area contributed by atoms with E-state index in [1.54, 1.807) is 6.07 Å². The van der Waals surface area contributed by atoms with Crippen molar-refractivity contribution in [1.82, 2.24) is 10.2 Å². The fraction of sp³-hybridized carbons (Fsp3) is 0.462. The van der Waals surface area contributed by atoms with Crippen LogP contribution in [0.1, 0.15) is 28.8 Å². The fourth-order valence-corrected chi connectivity index (χ4v) is 2.69. The van der Waals surface area contributed by atoms with Gasteiger partial charge < -0.3 is 10.2 Å². The molecule has 1 unspecified atom stereocenters. The van der Waals surface area contributed by atoms with E-state index in [1.807, 2.05) is 4.90 Å². The molecule has 1 atom stereocenters. The Morgan fingerprint density at radius 3 is 3.06 bits per heavy atom. The van der Waals surface area contributed by atoms with Crippen molar-refractivity contribution >= 4 is 5.91 Å². The van der Waals surface area contributed by atoms with Crippen molar-refractivity contribution in [3.63, 3.8) is 0 Å². The smallest absolute Gasteiger partial charge is 0.254 e. The van der Waals surface area contributed by atoms with E-state index in [4.69, 9.17) is 0 Å². The van der Waals surface area contributed by atoms with Crippen LogP contribution < -0.4 is 5.32 Å². The average Bonchev–Trinajstić information content (AvgIpc) is 2.68. The SMILES string of the molecule is O=C1c2cc(F)ccc2CN1C1CCCNC1. The Balaban J connectivity index is 1.85. The van der Waals surface area contributed by atoms with E-state index in [0.29, 0.717) is 12.1 Å². The minimum Gasteiger partial charge on any atom is -0.330 e. The third-order valence-electron chi connectivity index (χ3n) is 3.62. The first kappa shape index (κ1) is 10.7. The molecule has 0 saturated carbocycles. The van der Waals surface area contributed by atoms with Gasteiger partial charge in [-0.3, -0.25) is 4.79 Å². The van der Waals surface area contributed by atoms with Crippen molar-refractivity contribution in [1.29, 1.82) is 0 Å². The summed E-state index contributed by atoms with van der Waals surface area (Å²) in [4.78, 5) is 14.1. The van der Waals surface area contributed by atoms with Crippen molar-refractivity contribution in [2.24, 2.45) is 0 Å². The number of nitrogens with zero attached hydrogens (tertiary/aromatic N) is 1. The number of piperidine rings is 1. The molecule has 2 aliphatic rings. The molecule has 1 saturated heterocycles. The first-order valence-corrected chi connectivity index (χ1v) is 6.06. The zero-order valence-electron chi connectivity index (χ0n) is 9.58. The molecule has 0 aromatic heterocycles. The summed E-state index contributed by atoms with van der Waals surface area (Å²) in [6.07, 6.45) is 2.13. The monoisotopic (exact) mass is 234 g/mol. The van der Waals surface area contributed by atoms with Gasteiger partial charge in [-0.15, -0.1) is 0 Å². The molecule has 2 heterocycles. The molecule has 3 nitrogen and oxygen atoms in total. The number of carbonyl (C=O) groups excluding carboxylic acids is 1. The normalized spacial score (nSPS) is 23.9. The van der Waals surface area contributed by atoms with Crippen LogP contribution in [0.15, 0.2) is 18.2 Å². The van der Waals surface area contributed by atoms with E-state index in [-0.39, 0.29) is 17.8 Å². The van der Waals surface area contributed by atoms with Crippen LogP contribution in [-0.2, 0) is 6.54 Å². The standard InChI is InChI=1S/C13H15FN2O/c14-10-4-3-9-8-16(13(17)12(9)6-10)11-2-1-5-15-7-11/h3-4,6,11,15H,1-2,5,7-8H2. The highest BCUT2D eigenvalue weighted by molar-refractivity contribution is 5.98. The minimum absolute atomic E-state index is 0.0202. The van der Waals surface area contributed by atoms with Gasteiger partial charge in [0.1, 0.15) is 5.82 Å². The summed E-state index contributed by atoms with van der Waals surface area (Å²) < 4.78 is 13.1. The maximum atomic E-state index is 13.1. The molecule has 0 spiro atoms. The number of benzene rings is 1. The van der Waals surface area contributed by atoms with Gasteiger partial charge in [-0.25, -0.2) is 4.39 Å². The molecule has 4 heteroatoms. The summed E-state index contributed by atoms with van der Waals surface area (Å²) in [6.45, 7) is 2.50. The molecule has 1 aromatic carbocycles. The number of nitrogens with one attached hydrogen (secondary N) is 1. The van der Waals surface area contributed by atoms with Gasteiger partial charge in [-0.05, 0) is 37.1 Å². The van der Waals surface area contributed by atoms with Gasteiger partial charge in [0.15, 0.2) is 0 Å². The Bertz CT molecular complexity index is 455. The highest BCUT2D eigenvalue weighted by Gasteiger charge is 2.33. The predicted molar refractivity (Wildman–Crippen MR) is 62.2 cm³/mol. The number of halogens is 1. The van der Waals surface area contributed by atoms with E-state index in [9.17, 15) is 9.18 Å². The predicted octanol–water partition coefficient (Wildman–Crippen LogP) is 1.53. The van der Waals surface area contributed by atoms with Crippen LogP contribution in [0.5, 0.6) is 0 Å². The lowest BCUT2D eigenvalue weighted by atomic mass is 10.1. The first-order valence-electron chi connectivity index (χ1n) is 6.06. The quantitative estimate of drug-likeness (QED) is 0.799. The van der Waals surface area contributed by atoms with E-state index >= 15 is 0 Å². The molecule has 17 heavy (non-hydrogen) atoms. The molecule has 1 N–H and O–H groups in total. The maximum absolute atomic E-state index is 13.1. The molecule has 1 fully saturated rings. The Kier molecular flexibility index (Phi) is 2.59. The Hall–Kier alpha value is -1.42. The minimum atomic E-state index is -0.333. The number of amides is 1. The molecular weight excluding hydrogens is 219 g/mol. The van der Waals surface area contributed by atoms with E-state index in [2.05, 4.69) is 5.32 Å². The molecule has 1 amide bonds. The lowest BCUT2D eigenvalue weighted by Crippen LogP contribution is -2.46. The Morgan fingerprint density at radius 1 is 1.41 bits per heavy atom. The van der Waals surface area contributed by atoms with Crippen molar-refractivity contribution < 1.29 is 9.18 Å². The van der Waals surface area contributed by atoms with Crippen LogP contribution in [0.4, 0.5) is 4.39 Å². The van der Waals surface area contributed by atoms with Crippen LogP contribution >= 0.6 is 0 Å². The van der Waals surface area contributed by atoms with Gasteiger partial charge in [0.2, 0.25) is 0 Å². The van der Waals surface area contributed by atoms with Gasteiger partial charge in [-0.1, -0.05) is 6.07 Å². The van der Waals surface area contributed by atoms with Crippen molar-refractivity contribution in [3.8, 4) is 0 Å². The van der Waals surface area contributed by atoms with Gasteiger partial charge in [0.05, 0.1) is 0 Å². The molecule has 1 aromatic rings. The highest BCUT2D eigenvalue weighted by Crippen LogP contribution is 2.27. The summed E-state index contributed by atoms with van der Waals surface area (Å²) in [5.74, 6) is -0.353. The molecule has 2 aliphatic heterocycles. The number of hydrogen-bond acceptors (Lipinski definition) is 2. The third-order valence-corrected chi connectivity index (χ3v) is 3.62. The average molecular weight is 234 g/mol. The van der Waals surface area contributed by atoms with Crippen LogP contribution in [0.2, 0.25) is 0 Å². The molecule has 3 rings (SSSR count). The van der Waals surface area contributed by atoms with Crippen LogP contribution in [-0.4, -0.2) is 29.9 Å². The summed E-state index contributed by atoms with van der Waals surface area (Å²) in [6, 6.07) is 4.76. The summed E-state index contributed by atoms with van der Waals surface area (Å²) in [5, 5.41) is 3.30. The second-order valence-corrected chi connectivity index (χ2v) is 4.73. The molecule has 0 aliphatic carbocycles. The van der Waals surface area contributed by atoms with Crippen LogP contribution in [0.25, 0.3) is 0 Å². The van der Waals surface area contributed by atoms with Gasteiger partial charge in [0.25, 0.3) is 5.91 Å². The Morgan fingerprint density at radius 2 is 2.29 bits per heavy atom. The van der Waals surface area contributed by atoms with Crippen LogP contribution in [0.3, 0.4) is 0 Å². The van der Waals surface area contributed by atoms with E-state index in [1.165, 1.54) is 12.1 Å². The molecular formula is C13H15FN2O. The van der Waals surface area contributed by atoms with Gasteiger partial charge in [0, 0.05) is 24.7 Å². The number of rotatable bonds is 1. The van der Waals surface area contributed by atoms with Crippen molar-refractivity contribution in [2.75, 3.05) is 13.1 Å². The second-order valence-electron chi connectivity index (χ2n) is 4.73. The highest BCUT2D eigenvalue weighted by atomic mass is 19.1. The first-order chi connectivity index (χ1) is 8.25.